The number of halogens is 1. The van der Waals surface area contributed by atoms with Crippen LogP contribution in [0.25, 0.3) is 0 Å². The molecule has 0 spiro atoms. The van der Waals surface area contributed by atoms with Gasteiger partial charge in [-0.05, 0) is 30.4 Å². The van der Waals surface area contributed by atoms with Crippen LogP contribution >= 0.6 is 23.4 Å². The summed E-state index contributed by atoms with van der Waals surface area (Å²) in [6.07, 6.45) is 3.46. The van der Waals surface area contributed by atoms with E-state index in [4.69, 9.17) is 20.8 Å². The standard InChI is InChI=1S/C19H24ClN3O3S/c1-12-6-5-8-15(13(12)2)21-17(24)11-27-19-23-22-18(26-19)10-25-16-9-4-3-7-14(16)20/h3-4,7,9,12-13,15H,5-6,8,10-11H2,1-2H3,(H,21,24). The highest BCUT2D eigenvalue weighted by Crippen LogP contribution is 2.29. The average molecular weight is 410 g/mol. The Morgan fingerprint density at radius 1 is 1.33 bits per heavy atom. The molecule has 1 aromatic carbocycles. The highest BCUT2D eigenvalue weighted by molar-refractivity contribution is 7.99. The number of hydrogen-bond donors (Lipinski definition) is 1. The van der Waals surface area contributed by atoms with E-state index in [-0.39, 0.29) is 24.3 Å². The summed E-state index contributed by atoms with van der Waals surface area (Å²) >= 11 is 7.27. The second kappa shape index (κ2) is 9.46. The van der Waals surface area contributed by atoms with Crippen molar-refractivity contribution in [3.05, 3.63) is 35.2 Å². The Hall–Kier alpha value is -1.73. The predicted molar refractivity (Wildman–Crippen MR) is 105 cm³/mol. The Kier molecular flexibility index (Phi) is 7.01. The van der Waals surface area contributed by atoms with E-state index in [9.17, 15) is 4.79 Å². The normalized spacial score (nSPS) is 22.4. The van der Waals surface area contributed by atoms with Gasteiger partial charge in [0.2, 0.25) is 5.91 Å². The average Bonchev–Trinajstić information content (AvgIpc) is 3.11. The number of carbonyl (C=O) groups excluding carboxylic acids is 1. The van der Waals surface area contributed by atoms with Crippen molar-refractivity contribution < 1.29 is 13.9 Å². The molecule has 3 rings (SSSR count). The molecular formula is C19H24ClN3O3S. The van der Waals surface area contributed by atoms with Crippen molar-refractivity contribution in [3.63, 3.8) is 0 Å². The topological polar surface area (TPSA) is 77.2 Å². The third-order valence-electron chi connectivity index (χ3n) is 5.02. The summed E-state index contributed by atoms with van der Waals surface area (Å²) in [7, 11) is 0. The first-order valence-corrected chi connectivity index (χ1v) is 10.5. The van der Waals surface area contributed by atoms with Crippen molar-refractivity contribution in [2.75, 3.05) is 5.75 Å². The molecule has 146 valence electrons. The fraction of sp³-hybridized carbons (Fsp3) is 0.526. The molecule has 1 aromatic heterocycles. The molecule has 1 aliphatic carbocycles. The molecule has 3 unspecified atom stereocenters. The summed E-state index contributed by atoms with van der Waals surface area (Å²) in [6, 6.07) is 7.44. The van der Waals surface area contributed by atoms with Crippen LogP contribution in [0.1, 0.15) is 39.0 Å². The van der Waals surface area contributed by atoms with Crippen LogP contribution < -0.4 is 10.1 Å². The minimum atomic E-state index is -0.00184. The number of para-hydroxylation sites is 1. The molecule has 27 heavy (non-hydrogen) atoms. The van der Waals surface area contributed by atoms with Gasteiger partial charge in [0, 0.05) is 6.04 Å². The van der Waals surface area contributed by atoms with E-state index in [1.54, 1.807) is 12.1 Å². The van der Waals surface area contributed by atoms with Gasteiger partial charge in [-0.15, -0.1) is 10.2 Å². The molecule has 1 amide bonds. The third-order valence-corrected chi connectivity index (χ3v) is 6.15. The van der Waals surface area contributed by atoms with E-state index in [0.717, 1.165) is 6.42 Å². The summed E-state index contributed by atoms with van der Waals surface area (Å²) in [5.41, 5.74) is 0. The van der Waals surface area contributed by atoms with Gasteiger partial charge in [-0.2, -0.15) is 0 Å². The Morgan fingerprint density at radius 3 is 2.96 bits per heavy atom. The van der Waals surface area contributed by atoms with E-state index in [0.29, 0.717) is 33.7 Å². The van der Waals surface area contributed by atoms with E-state index in [1.165, 1.54) is 24.6 Å². The maximum Gasteiger partial charge on any atom is 0.277 e. The van der Waals surface area contributed by atoms with Crippen molar-refractivity contribution >= 4 is 29.3 Å². The van der Waals surface area contributed by atoms with Gasteiger partial charge in [0.25, 0.3) is 11.1 Å². The highest BCUT2D eigenvalue weighted by atomic mass is 35.5. The predicted octanol–water partition coefficient (Wildman–Crippen LogP) is 4.34. The Morgan fingerprint density at radius 2 is 2.15 bits per heavy atom. The van der Waals surface area contributed by atoms with Crippen LogP contribution in [0, 0.1) is 11.8 Å². The lowest BCUT2D eigenvalue weighted by Gasteiger charge is -2.34. The van der Waals surface area contributed by atoms with Gasteiger partial charge >= 0.3 is 0 Å². The fourth-order valence-electron chi connectivity index (χ4n) is 3.22. The maximum absolute atomic E-state index is 12.2. The summed E-state index contributed by atoms with van der Waals surface area (Å²) in [4.78, 5) is 12.2. The Balaban J connectivity index is 1.44. The second-order valence-corrected chi connectivity index (χ2v) is 8.24. The number of hydrogen-bond acceptors (Lipinski definition) is 6. The zero-order valence-electron chi connectivity index (χ0n) is 15.5. The molecule has 3 atom stereocenters. The van der Waals surface area contributed by atoms with Gasteiger partial charge in [-0.3, -0.25) is 4.79 Å². The number of thioether (sulfide) groups is 1. The van der Waals surface area contributed by atoms with Gasteiger partial charge in [0.1, 0.15) is 5.75 Å². The first kappa shape index (κ1) is 20.0. The Bertz CT molecular complexity index is 770. The quantitative estimate of drug-likeness (QED) is 0.685. The molecule has 0 aliphatic heterocycles. The van der Waals surface area contributed by atoms with Gasteiger partial charge < -0.3 is 14.5 Å². The number of rotatable bonds is 7. The number of nitrogens with one attached hydrogen (secondary N) is 1. The largest absolute Gasteiger partial charge is 0.482 e. The van der Waals surface area contributed by atoms with Crippen molar-refractivity contribution in [3.8, 4) is 5.75 Å². The fourth-order valence-corrected chi connectivity index (χ4v) is 4.00. The number of aromatic nitrogens is 2. The number of amides is 1. The van der Waals surface area contributed by atoms with Gasteiger partial charge in [0.05, 0.1) is 10.8 Å². The number of carbonyl (C=O) groups is 1. The van der Waals surface area contributed by atoms with Crippen LogP contribution in [0.3, 0.4) is 0 Å². The summed E-state index contributed by atoms with van der Waals surface area (Å²) in [5.74, 6) is 2.30. The van der Waals surface area contributed by atoms with Crippen LogP contribution in [-0.4, -0.2) is 27.9 Å². The molecule has 0 radical (unpaired) electrons. The van der Waals surface area contributed by atoms with Gasteiger partial charge in [-0.1, -0.05) is 62.2 Å². The minimum Gasteiger partial charge on any atom is -0.482 e. The molecule has 1 heterocycles. The third kappa shape index (κ3) is 5.62. The SMILES string of the molecule is CC1CCCC(NC(=O)CSc2nnc(COc3ccccc3Cl)o2)C1C. The zero-order chi connectivity index (χ0) is 19.2. The molecule has 0 saturated heterocycles. The van der Waals surface area contributed by atoms with Crippen molar-refractivity contribution in [1.29, 1.82) is 0 Å². The van der Waals surface area contributed by atoms with Crippen LogP contribution in [-0.2, 0) is 11.4 Å². The monoisotopic (exact) mass is 409 g/mol. The molecule has 2 aromatic rings. The zero-order valence-corrected chi connectivity index (χ0v) is 17.1. The van der Waals surface area contributed by atoms with Crippen LogP contribution in [0.15, 0.2) is 33.9 Å². The molecule has 8 heteroatoms. The molecule has 1 fully saturated rings. The number of nitrogens with zero attached hydrogens (tertiary/aromatic N) is 2. The molecule has 1 N–H and O–H groups in total. The van der Waals surface area contributed by atoms with Gasteiger partial charge in [0.15, 0.2) is 6.61 Å². The summed E-state index contributed by atoms with van der Waals surface area (Å²) in [6.45, 7) is 4.59. The first-order valence-electron chi connectivity index (χ1n) is 9.15. The molecule has 1 saturated carbocycles. The highest BCUT2D eigenvalue weighted by Gasteiger charge is 2.28. The molecule has 6 nitrogen and oxygen atoms in total. The lowest BCUT2D eigenvalue weighted by Crippen LogP contribution is -2.44. The second-order valence-electron chi connectivity index (χ2n) is 6.91. The van der Waals surface area contributed by atoms with Crippen LogP contribution in [0.2, 0.25) is 5.02 Å². The minimum absolute atomic E-state index is 0.00184. The van der Waals surface area contributed by atoms with Crippen LogP contribution in [0.5, 0.6) is 5.75 Å². The first-order chi connectivity index (χ1) is 13.0. The maximum atomic E-state index is 12.2. The van der Waals surface area contributed by atoms with E-state index in [2.05, 4.69) is 29.4 Å². The molecular weight excluding hydrogens is 386 g/mol. The number of benzene rings is 1. The Labute approximate surface area is 168 Å². The van der Waals surface area contributed by atoms with E-state index in [1.807, 2.05) is 12.1 Å². The summed E-state index contributed by atoms with van der Waals surface area (Å²) < 4.78 is 11.1. The smallest absolute Gasteiger partial charge is 0.277 e. The van der Waals surface area contributed by atoms with Crippen molar-refractivity contribution in [2.45, 2.75) is 51.0 Å². The lowest BCUT2D eigenvalue weighted by atomic mass is 9.78. The van der Waals surface area contributed by atoms with Gasteiger partial charge in [-0.25, -0.2) is 0 Å². The molecule has 0 bridgehead atoms. The van der Waals surface area contributed by atoms with Crippen molar-refractivity contribution in [1.82, 2.24) is 15.5 Å². The van der Waals surface area contributed by atoms with E-state index < -0.39 is 0 Å². The summed E-state index contributed by atoms with van der Waals surface area (Å²) in [5, 5.41) is 11.9. The van der Waals surface area contributed by atoms with Crippen LogP contribution in [0.4, 0.5) is 0 Å². The number of ether oxygens (including phenoxy) is 1. The lowest BCUT2D eigenvalue weighted by molar-refractivity contribution is -0.120. The molecule has 1 aliphatic rings. The van der Waals surface area contributed by atoms with E-state index >= 15 is 0 Å². The van der Waals surface area contributed by atoms with Crippen molar-refractivity contribution in [2.24, 2.45) is 11.8 Å².